The fourth-order valence-electron chi connectivity index (χ4n) is 2.17. The molecule has 1 heterocycles. The Bertz CT molecular complexity index is 296. The van der Waals surface area contributed by atoms with Crippen molar-refractivity contribution in [2.24, 2.45) is 5.73 Å². The average molecular weight is 243 g/mol. The summed E-state index contributed by atoms with van der Waals surface area (Å²) in [5.41, 5.74) is 5.57. The monoisotopic (exact) mass is 243 g/mol. The number of carbonyl (C=O) groups is 2. The lowest BCUT2D eigenvalue weighted by Gasteiger charge is -2.36. The fourth-order valence-corrected chi connectivity index (χ4v) is 2.17. The molecule has 0 aliphatic carbocycles. The molecular formula is C11H21N3O3. The van der Waals surface area contributed by atoms with Crippen LogP contribution in [-0.2, 0) is 9.59 Å². The fraction of sp³-hybridized carbons (Fsp3) is 0.818. The van der Waals surface area contributed by atoms with Crippen molar-refractivity contribution in [1.29, 1.82) is 0 Å². The van der Waals surface area contributed by atoms with Gasteiger partial charge in [0.15, 0.2) is 0 Å². The standard InChI is InChI=1S/C11H21N3O3/c1-13-5-3-4-8(7-13)14(2)11(17)9(12)6-10(15)16/h8-9H,3-7,12H2,1-2H3,(H,15,16). The summed E-state index contributed by atoms with van der Waals surface area (Å²) in [5.74, 6) is -1.33. The zero-order valence-corrected chi connectivity index (χ0v) is 10.4. The molecule has 1 rings (SSSR count). The van der Waals surface area contributed by atoms with E-state index in [1.807, 2.05) is 7.05 Å². The minimum atomic E-state index is -1.04. The molecule has 0 bridgehead atoms. The van der Waals surface area contributed by atoms with Crippen LogP contribution in [0.5, 0.6) is 0 Å². The van der Waals surface area contributed by atoms with Gasteiger partial charge < -0.3 is 20.6 Å². The molecule has 1 fully saturated rings. The molecule has 1 amide bonds. The molecule has 1 aliphatic heterocycles. The van der Waals surface area contributed by atoms with E-state index in [9.17, 15) is 9.59 Å². The van der Waals surface area contributed by atoms with Crippen molar-refractivity contribution in [2.75, 3.05) is 27.2 Å². The zero-order valence-electron chi connectivity index (χ0n) is 10.4. The summed E-state index contributed by atoms with van der Waals surface area (Å²) in [6.45, 7) is 1.86. The van der Waals surface area contributed by atoms with Gasteiger partial charge in [0.2, 0.25) is 5.91 Å². The number of carboxylic acid groups (broad SMARTS) is 1. The largest absolute Gasteiger partial charge is 0.481 e. The van der Waals surface area contributed by atoms with Crippen LogP contribution in [0.4, 0.5) is 0 Å². The summed E-state index contributed by atoms with van der Waals surface area (Å²) >= 11 is 0. The quantitative estimate of drug-likeness (QED) is 0.684. The molecule has 0 radical (unpaired) electrons. The first-order valence-corrected chi connectivity index (χ1v) is 5.84. The molecule has 1 aliphatic rings. The summed E-state index contributed by atoms with van der Waals surface area (Å²) in [5, 5.41) is 8.61. The van der Waals surface area contributed by atoms with Crippen molar-refractivity contribution >= 4 is 11.9 Å². The van der Waals surface area contributed by atoms with Crippen molar-refractivity contribution < 1.29 is 14.7 Å². The van der Waals surface area contributed by atoms with Crippen molar-refractivity contribution in [3.63, 3.8) is 0 Å². The number of hydrogen-bond donors (Lipinski definition) is 2. The van der Waals surface area contributed by atoms with Crippen molar-refractivity contribution in [1.82, 2.24) is 9.80 Å². The third kappa shape index (κ3) is 3.98. The van der Waals surface area contributed by atoms with Crippen LogP contribution in [0, 0.1) is 0 Å². The summed E-state index contributed by atoms with van der Waals surface area (Å²) < 4.78 is 0. The van der Waals surface area contributed by atoms with Gasteiger partial charge in [0.25, 0.3) is 0 Å². The van der Waals surface area contributed by atoms with E-state index in [1.165, 1.54) is 0 Å². The van der Waals surface area contributed by atoms with Crippen LogP contribution in [0.1, 0.15) is 19.3 Å². The number of carboxylic acids is 1. The normalized spacial score (nSPS) is 23.1. The molecule has 2 unspecified atom stereocenters. The summed E-state index contributed by atoms with van der Waals surface area (Å²) in [7, 11) is 3.72. The predicted molar refractivity (Wildman–Crippen MR) is 63.5 cm³/mol. The van der Waals surface area contributed by atoms with Gasteiger partial charge in [0.1, 0.15) is 0 Å². The Morgan fingerprint density at radius 2 is 2.24 bits per heavy atom. The second kappa shape index (κ2) is 5.97. The van der Waals surface area contributed by atoms with Crippen LogP contribution in [0.15, 0.2) is 0 Å². The van der Waals surface area contributed by atoms with Crippen LogP contribution >= 0.6 is 0 Å². The van der Waals surface area contributed by atoms with Crippen molar-refractivity contribution in [2.45, 2.75) is 31.3 Å². The zero-order chi connectivity index (χ0) is 13.0. The number of likely N-dealkylation sites (N-methyl/N-ethyl adjacent to an activating group) is 2. The Hall–Kier alpha value is -1.14. The van der Waals surface area contributed by atoms with Crippen LogP contribution in [0.25, 0.3) is 0 Å². The Kier molecular flexibility index (Phi) is 4.89. The third-order valence-corrected chi connectivity index (χ3v) is 3.21. The van der Waals surface area contributed by atoms with E-state index < -0.39 is 12.0 Å². The van der Waals surface area contributed by atoms with Gasteiger partial charge in [-0.05, 0) is 26.4 Å². The first-order chi connectivity index (χ1) is 7.91. The lowest BCUT2D eigenvalue weighted by molar-refractivity contribution is -0.142. The van der Waals surface area contributed by atoms with E-state index in [4.69, 9.17) is 10.8 Å². The maximum atomic E-state index is 11.9. The summed E-state index contributed by atoms with van der Waals surface area (Å²) in [4.78, 5) is 26.2. The highest BCUT2D eigenvalue weighted by molar-refractivity contribution is 5.86. The van der Waals surface area contributed by atoms with E-state index in [1.54, 1.807) is 11.9 Å². The lowest BCUT2D eigenvalue weighted by atomic mass is 10.0. The SMILES string of the molecule is CN1CCCC(N(C)C(=O)C(N)CC(=O)O)C1. The van der Waals surface area contributed by atoms with E-state index in [0.717, 1.165) is 25.9 Å². The van der Waals surface area contributed by atoms with E-state index in [2.05, 4.69) is 4.90 Å². The molecule has 6 heteroatoms. The number of nitrogens with zero attached hydrogens (tertiary/aromatic N) is 2. The van der Waals surface area contributed by atoms with E-state index in [0.29, 0.717) is 0 Å². The van der Waals surface area contributed by atoms with Gasteiger partial charge in [-0.2, -0.15) is 0 Å². The Morgan fingerprint density at radius 3 is 2.76 bits per heavy atom. The third-order valence-electron chi connectivity index (χ3n) is 3.21. The number of amides is 1. The van der Waals surface area contributed by atoms with Crippen molar-refractivity contribution in [3.8, 4) is 0 Å². The topological polar surface area (TPSA) is 86.9 Å². The molecule has 0 aromatic rings. The average Bonchev–Trinajstić information content (AvgIpc) is 2.26. The molecule has 0 saturated carbocycles. The maximum absolute atomic E-state index is 11.9. The smallest absolute Gasteiger partial charge is 0.305 e. The molecule has 98 valence electrons. The van der Waals surface area contributed by atoms with Crippen LogP contribution in [-0.4, -0.2) is 66.1 Å². The minimum Gasteiger partial charge on any atom is -0.481 e. The van der Waals surface area contributed by atoms with Crippen LogP contribution in [0.2, 0.25) is 0 Å². The van der Waals surface area contributed by atoms with E-state index in [-0.39, 0.29) is 18.4 Å². The number of hydrogen-bond acceptors (Lipinski definition) is 4. The highest BCUT2D eigenvalue weighted by Gasteiger charge is 2.28. The number of carbonyl (C=O) groups excluding carboxylic acids is 1. The summed E-state index contributed by atoms with van der Waals surface area (Å²) in [6, 6.07) is -0.800. The van der Waals surface area contributed by atoms with Gasteiger partial charge in [0.05, 0.1) is 12.5 Å². The molecular weight excluding hydrogens is 222 g/mol. The van der Waals surface area contributed by atoms with Crippen LogP contribution in [0.3, 0.4) is 0 Å². The van der Waals surface area contributed by atoms with Crippen LogP contribution < -0.4 is 5.73 Å². The molecule has 0 aromatic carbocycles. The predicted octanol–water partition coefficient (Wildman–Crippen LogP) is -0.659. The molecule has 0 spiro atoms. The minimum absolute atomic E-state index is 0.140. The Morgan fingerprint density at radius 1 is 1.59 bits per heavy atom. The maximum Gasteiger partial charge on any atom is 0.305 e. The Labute approximate surface area is 101 Å². The number of piperidine rings is 1. The van der Waals surface area contributed by atoms with E-state index >= 15 is 0 Å². The number of aliphatic carboxylic acids is 1. The molecule has 2 atom stereocenters. The molecule has 3 N–H and O–H groups in total. The molecule has 6 nitrogen and oxygen atoms in total. The first-order valence-electron chi connectivity index (χ1n) is 5.84. The Balaban J connectivity index is 2.53. The van der Waals surface area contributed by atoms with Crippen molar-refractivity contribution in [3.05, 3.63) is 0 Å². The first kappa shape index (κ1) is 13.9. The molecule has 17 heavy (non-hydrogen) atoms. The highest BCUT2D eigenvalue weighted by Crippen LogP contribution is 2.14. The van der Waals surface area contributed by atoms with Gasteiger partial charge in [-0.3, -0.25) is 9.59 Å². The van der Waals surface area contributed by atoms with Gasteiger partial charge in [-0.1, -0.05) is 0 Å². The van der Waals surface area contributed by atoms with Gasteiger partial charge >= 0.3 is 5.97 Å². The highest BCUT2D eigenvalue weighted by atomic mass is 16.4. The second-order valence-corrected chi connectivity index (χ2v) is 4.71. The molecule has 0 aromatic heterocycles. The number of nitrogens with two attached hydrogens (primary N) is 1. The van der Waals surface area contributed by atoms with Gasteiger partial charge in [-0.15, -0.1) is 0 Å². The second-order valence-electron chi connectivity index (χ2n) is 4.71. The lowest BCUT2D eigenvalue weighted by Crippen LogP contribution is -2.52. The summed E-state index contributed by atoms with van der Waals surface area (Å²) in [6.07, 6.45) is 1.69. The van der Waals surface area contributed by atoms with Gasteiger partial charge in [0, 0.05) is 19.6 Å². The molecule has 1 saturated heterocycles. The number of likely N-dealkylation sites (tertiary alicyclic amines) is 1. The number of rotatable bonds is 4. The van der Waals surface area contributed by atoms with Gasteiger partial charge in [-0.25, -0.2) is 0 Å².